The summed E-state index contributed by atoms with van der Waals surface area (Å²) in [6.07, 6.45) is 0. The van der Waals surface area contributed by atoms with Gasteiger partial charge >= 0.3 is 0 Å². The first-order chi connectivity index (χ1) is 9.98. The van der Waals surface area contributed by atoms with Crippen LogP contribution in [0.25, 0.3) is 10.8 Å². The van der Waals surface area contributed by atoms with E-state index in [1.165, 1.54) is 4.31 Å². The van der Waals surface area contributed by atoms with Gasteiger partial charge in [-0.3, -0.25) is 0 Å². The van der Waals surface area contributed by atoms with Crippen LogP contribution in [-0.2, 0) is 10.0 Å². The molecule has 0 bridgehead atoms. The average molecular weight is 418 g/mol. The van der Waals surface area contributed by atoms with Crippen molar-refractivity contribution in [3.05, 3.63) is 42.0 Å². The van der Waals surface area contributed by atoms with Crippen molar-refractivity contribution in [3.63, 3.8) is 0 Å². The predicted molar refractivity (Wildman–Crippen MR) is 95.4 cm³/mol. The van der Waals surface area contributed by atoms with Gasteiger partial charge in [-0.25, -0.2) is 8.42 Å². The van der Waals surface area contributed by atoms with Gasteiger partial charge in [-0.15, -0.1) is 0 Å². The van der Waals surface area contributed by atoms with E-state index in [-0.39, 0.29) is 0 Å². The number of nitrogens with two attached hydrogens (primary N) is 1. The number of hydrogen-bond donors (Lipinski definition) is 1. The SMILES string of the molecule is Cc1ccc2ccc(S(=O)(=O)N(CCN)CCI)cc2c1. The molecule has 0 aliphatic carbocycles. The van der Waals surface area contributed by atoms with E-state index in [2.05, 4.69) is 22.6 Å². The van der Waals surface area contributed by atoms with Crippen molar-refractivity contribution >= 4 is 43.4 Å². The molecule has 4 nitrogen and oxygen atoms in total. The van der Waals surface area contributed by atoms with Gasteiger partial charge in [0.15, 0.2) is 0 Å². The van der Waals surface area contributed by atoms with Gasteiger partial charge in [0.2, 0.25) is 10.0 Å². The number of halogens is 1. The Balaban J connectivity index is 2.47. The third-order valence-electron chi connectivity index (χ3n) is 3.32. The largest absolute Gasteiger partial charge is 0.329 e. The summed E-state index contributed by atoms with van der Waals surface area (Å²) in [5.74, 6) is 0. The van der Waals surface area contributed by atoms with Gasteiger partial charge in [-0.1, -0.05) is 52.4 Å². The first-order valence-electron chi connectivity index (χ1n) is 6.75. The maximum absolute atomic E-state index is 12.7. The molecule has 2 aromatic carbocycles. The molecule has 0 aromatic heterocycles. The minimum Gasteiger partial charge on any atom is -0.329 e. The Morgan fingerprint density at radius 3 is 2.48 bits per heavy atom. The molecule has 0 unspecified atom stereocenters. The molecule has 0 fully saturated rings. The fourth-order valence-corrected chi connectivity index (χ4v) is 4.65. The van der Waals surface area contributed by atoms with E-state index >= 15 is 0 Å². The van der Waals surface area contributed by atoms with Gasteiger partial charge in [0.25, 0.3) is 0 Å². The summed E-state index contributed by atoms with van der Waals surface area (Å²) in [6.45, 7) is 3.14. The van der Waals surface area contributed by atoms with Crippen molar-refractivity contribution in [2.45, 2.75) is 11.8 Å². The molecule has 0 spiro atoms. The van der Waals surface area contributed by atoms with E-state index in [9.17, 15) is 8.42 Å². The molecule has 0 saturated heterocycles. The molecular formula is C15H19IN2O2S. The molecule has 21 heavy (non-hydrogen) atoms. The van der Waals surface area contributed by atoms with E-state index in [1.54, 1.807) is 12.1 Å². The number of nitrogens with zero attached hydrogens (tertiary/aromatic N) is 1. The first-order valence-corrected chi connectivity index (χ1v) is 9.72. The third kappa shape index (κ3) is 3.74. The van der Waals surface area contributed by atoms with Crippen molar-refractivity contribution < 1.29 is 8.42 Å². The molecule has 2 rings (SSSR count). The zero-order valence-corrected chi connectivity index (χ0v) is 14.9. The Morgan fingerprint density at radius 1 is 1.10 bits per heavy atom. The molecule has 0 aliphatic rings. The second kappa shape index (κ2) is 7.04. The van der Waals surface area contributed by atoms with Crippen molar-refractivity contribution in [2.24, 2.45) is 5.73 Å². The summed E-state index contributed by atoms with van der Waals surface area (Å²) < 4.78 is 27.6. The van der Waals surface area contributed by atoms with Gasteiger partial charge in [0, 0.05) is 24.1 Å². The summed E-state index contributed by atoms with van der Waals surface area (Å²) in [5, 5.41) is 1.98. The summed E-state index contributed by atoms with van der Waals surface area (Å²) >= 11 is 2.17. The van der Waals surface area contributed by atoms with Crippen LogP contribution in [0.5, 0.6) is 0 Å². The molecule has 6 heteroatoms. The smallest absolute Gasteiger partial charge is 0.243 e. The van der Waals surface area contributed by atoms with Crippen molar-refractivity contribution in [1.29, 1.82) is 0 Å². The topological polar surface area (TPSA) is 63.4 Å². The monoisotopic (exact) mass is 418 g/mol. The molecule has 2 aromatic rings. The van der Waals surface area contributed by atoms with Gasteiger partial charge in [-0.2, -0.15) is 4.31 Å². The van der Waals surface area contributed by atoms with Crippen LogP contribution in [-0.4, -0.2) is 36.8 Å². The van der Waals surface area contributed by atoms with Crippen molar-refractivity contribution in [2.75, 3.05) is 24.1 Å². The maximum Gasteiger partial charge on any atom is 0.243 e. The number of hydrogen-bond acceptors (Lipinski definition) is 3. The second-order valence-corrected chi connectivity index (χ2v) is 7.91. The van der Waals surface area contributed by atoms with Crippen LogP contribution in [0.2, 0.25) is 0 Å². The van der Waals surface area contributed by atoms with Crippen LogP contribution in [0.1, 0.15) is 5.56 Å². The summed E-state index contributed by atoms with van der Waals surface area (Å²) in [7, 11) is -3.48. The maximum atomic E-state index is 12.7. The van der Waals surface area contributed by atoms with E-state index in [0.29, 0.717) is 24.5 Å². The molecule has 0 saturated carbocycles. The van der Waals surface area contributed by atoms with Crippen LogP contribution in [0.3, 0.4) is 0 Å². The second-order valence-electron chi connectivity index (χ2n) is 4.89. The molecule has 0 radical (unpaired) electrons. The number of sulfonamides is 1. The predicted octanol–water partition coefficient (Wildman–Crippen LogP) is 2.53. The normalized spacial score (nSPS) is 12.2. The molecule has 2 N–H and O–H groups in total. The van der Waals surface area contributed by atoms with E-state index in [4.69, 9.17) is 5.73 Å². The summed E-state index contributed by atoms with van der Waals surface area (Å²) in [4.78, 5) is 0.332. The Labute approximate surface area is 139 Å². The van der Waals surface area contributed by atoms with Crippen LogP contribution in [0.4, 0.5) is 0 Å². The highest BCUT2D eigenvalue weighted by atomic mass is 127. The molecule has 0 atom stereocenters. The molecule has 0 amide bonds. The van der Waals surface area contributed by atoms with Gasteiger partial charge in [-0.05, 0) is 29.8 Å². The minimum atomic E-state index is -3.48. The highest BCUT2D eigenvalue weighted by Crippen LogP contribution is 2.23. The van der Waals surface area contributed by atoms with Crippen LogP contribution >= 0.6 is 22.6 Å². The average Bonchev–Trinajstić information content (AvgIpc) is 2.46. The fourth-order valence-electron chi connectivity index (χ4n) is 2.24. The lowest BCUT2D eigenvalue weighted by Crippen LogP contribution is -2.36. The van der Waals surface area contributed by atoms with Gasteiger partial charge < -0.3 is 5.73 Å². The quantitative estimate of drug-likeness (QED) is 0.580. The number of fused-ring (bicyclic) bond motifs is 1. The van der Waals surface area contributed by atoms with Crippen LogP contribution < -0.4 is 5.73 Å². The first kappa shape index (κ1) is 16.7. The number of benzene rings is 2. The summed E-state index contributed by atoms with van der Waals surface area (Å²) in [6, 6.07) is 11.3. The minimum absolute atomic E-state index is 0.322. The Hall–Kier alpha value is -0.700. The van der Waals surface area contributed by atoms with Gasteiger partial charge in [0.1, 0.15) is 0 Å². The molecular weight excluding hydrogens is 399 g/mol. The van der Waals surface area contributed by atoms with Crippen LogP contribution in [0.15, 0.2) is 41.3 Å². The lowest BCUT2D eigenvalue weighted by Gasteiger charge is -2.20. The number of alkyl halides is 1. The fraction of sp³-hybridized carbons (Fsp3) is 0.333. The zero-order chi connectivity index (χ0) is 15.5. The zero-order valence-electron chi connectivity index (χ0n) is 11.9. The van der Waals surface area contributed by atoms with Crippen LogP contribution in [0, 0.1) is 6.92 Å². The van der Waals surface area contributed by atoms with Crippen molar-refractivity contribution in [3.8, 4) is 0 Å². The third-order valence-corrected chi connectivity index (χ3v) is 5.69. The van der Waals surface area contributed by atoms with E-state index in [1.807, 2.05) is 31.2 Å². The summed E-state index contributed by atoms with van der Waals surface area (Å²) in [5.41, 5.74) is 6.65. The Bertz CT molecular complexity index is 726. The van der Waals surface area contributed by atoms with E-state index in [0.717, 1.165) is 20.8 Å². The lowest BCUT2D eigenvalue weighted by atomic mass is 10.1. The molecule has 0 heterocycles. The highest BCUT2D eigenvalue weighted by Gasteiger charge is 2.23. The standard InChI is InChI=1S/C15H19IN2O2S/c1-12-2-3-13-4-5-15(11-14(13)10-12)21(19,20)18(8-6-16)9-7-17/h2-5,10-11H,6-9,17H2,1H3. The van der Waals surface area contributed by atoms with E-state index < -0.39 is 10.0 Å². The number of aryl methyl sites for hydroxylation is 1. The van der Waals surface area contributed by atoms with Crippen molar-refractivity contribution in [1.82, 2.24) is 4.31 Å². The lowest BCUT2D eigenvalue weighted by molar-refractivity contribution is 0.439. The highest BCUT2D eigenvalue weighted by molar-refractivity contribution is 14.1. The Kier molecular flexibility index (Phi) is 5.59. The van der Waals surface area contributed by atoms with Gasteiger partial charge in [0.05, 0.1) is 4.90 Å². The Morgan fingerprint density at radius 2 is 1.81 bits per heavy atom. The molecule has 114 valence electrons. The molecule has 0 aliphatic heterocycles. The number of rotatable bonds is 6.